The quantitative estimate of drug-likeness (QED) is 0.721. The van der Waals surface area contributed by atoms with Crippen molar-refractivity contribution >= 4 is 11.8 Å². The van der Waals surface area contributed by atoms with Crippen LogP contribution in [-0.2, 0) is 0 Å². The van der Waals surface area contributed by atoms with E-state index in [9.17, 15) is 0 Å². The zero-order valence-electron chi connectivity index (χ0n) is 7.56. The van der Waals surface area contributed by atoms with Crippen LogP contribution in [0.5, 0.6) is 5.88 Å². The molecular formula is C9H12N2OS. The molecular weight excluding hydrogens is 184 g/mol. The highest BCUT2D eigenvalue weighted by atomic mass is 32.2. The monoisotopic (exact) mass is 196 g/mol. The summed E-state index contributed by atoms with van der Waals surface area (Å²) in [7, 11) is 1.61. The van der Waals surface area contributed by atoms with Crippen LogP contribution >= 0.6 is 11.8 Å². The largest absolute Gasteiger partial charge is 0.480 e. The molecule has 0 aliphatic carbocycles. The predicted molar refractivity (Wildman–Crippen MR) is 53.3 cm³/mol. The summed E-state index contributed by atoms with van der Waals surface area (Å²) in [4.78, 5) is 0. The van der Waals surface area contributed by atoms with Crippen LogP contribution in [-0.4, -0.2) is 28.8 Å². The van der Waals surface area contributed by atoms with Crippen molar-refractivity contribution in [2.24, 2.45) is 0 Å². The second kappa shape index (κ2) is 3.96. The molecule has 1 aromatic heterocycles. The van der Waals surface area contributed by atoms with Crippen LogP contribution in [0.25, 0.3) is 0 Å². The summed E-state index contributed by atoms with van der Waals surface area (Å²) < 4.78 is 4.95. The lowest BCUT2D eigenvalue weighted by molar-refractivity contribution is 0.390. The van der Waals surface area contributed by atoms with Crippen LogP contribution in [0.15, 0.2) is 12.1 Å². The van der Waals surface area contributed by atoms with Crippen LogP contribution in [0.2, 0.25) is 0 Å². The van der Waals surface area contributed by atoms with Gasteiger partial charge in [0.1, 0.15) is 0 Å². The number of hydrogen-bond donors (Lipinski definition) is 0. The van der Waals surface area contributed by atoms with Crippen molar-refractivity contribution in [1.82, 2.24) is 10.2 Å². The van der Waals surface area contributed by atoms with E-state index in [-0.39, 0.29) is 0 Å². The summed E-state index contributed by atoms with van der Waals surface area (Å²) in [5, 5.41) is 8.10. The first kappa shape index (κ1) is 8.81. The van der Waals surface area contributed by atoms with Gasteiger partial charge in [-0.1, -0.05) is 0 Å². The van der Waals surface area contributed by atoms with E-state index in [1.807, 2.05) is 23.9 Å². The zero-order valence-corrected chi connectivity index (χ0v) is 8.38. The fourth-order valence-corrected chi connectivity index (χ4v) is 2.66. The Kier molecular flexibility index (Phi) is 2.68. The van der Waals surface area contributed by atoms with Gasteiger partial charge in [0.25, 0.3) is 0 Å². The number of aromatic nitrogens is 2. The van der Waals surface area contributed by atoms with Gasteiger partial charge < -0.3 is 4.74 Å². The molecule has 0 saturated carbocycles. The molecule has 1 fully saturated rings. The smallest absolute Gasteiger partial charge is 0.233 e. The molecule has 1 atom stereocenters. The van der Waals surface area contributed by atoms with Gasteiger partial charge in [-0.25, -0.2) is 0 Å². The molecule has 1 saturated heterocycles. The molecule has 2 heterocycles. The molecule has 13 heavy (non-hydrogen) atoms. The second-order valence-corrected chi connectivity index (χ2v) is 4.21. The van der Waals surface area contributed by atoms with Gasteiger partial charge in [-0.15, -0.1) is 5.10 Å². The normalized spacial score (nSPS) is 21.8. The van der Waals surface area contributed by atoms with Crippen LogP contribution in [0.3, 0.4) is 0 Å². The Hall–Kier alpha value is -0.770. The number of ether oxygens (including phenoxy) is 1. The van der Waals surface area contributed by atoms with Crippen molar-refractivity contribution in [2.45, 2.75) is 12.3 Å². The molecule has 3 nitrogen and oxygen atoms in total. The van der Waals surface area contributed by atoms with Crippen LogP contribution in [0, 0.1) is 0 Å². The Morgan fingerprint density at radius 3 is 2.92 bits per heavy atom. The van der Waals surface area contributed by atoms with Crippen molar-refractivity contribution in [3.8, 4) is 5.88 Å². The lowest BCUT2D eigenvalue weighted by atomic mass is 10.1. The molecule has 0 N–H and O–H groups in total. The number of hydrogen-bond acceptors (Lipinski definition) is 4. The van der Waals surface area contributed by atoms with E-state index in [2.05, 4.69) is 10.2 Å². The van der Waals surface area contributed by atoms with Crippen molar-refractivity contribution in [3.05, 3.63) is 17.8 Å². The second-order valence-electron chi connectivity index (χ2n) is 3.06. The van der Waals surface area contributed by atoms with Crippen molar-refractivity contribution in [1.29, 1.82) is 0 Å². The van der Waals surface area contributed by atoms with E-state index in [1.54, 1.807) is 7.11 Å². The SMILES string of the molecule is COc1ccc(C2CCSC2)nn1. The van der Waals surface area contributed by atoms with Crippen LogP contribution in [0.4, 0.5) is 0 Å². The Bertz CT molecular complexity index is 269. The third-order valence-corrected chi connectivity index (χ3v) is 3.38. The van der Waals surface area contributed by atoms with Gasteiger partial charge in [0, 0.05) is 17.7 Å². The highest BCUT2D eigenvalue weighted by Crippen LogP contribution is 2.31. The van der Waals surface area contributed by atoms with Crippen molar-refractivity contribution in [3.63, 3.8) is 0 Å². The average molecular weight is 196 g/mol. The Morgan fingerprint density at radius 2 is 2.38 bits per heavy atom. The Morgan fingerprint density at radius 1 is 1.46 bits per heavy atom. The third kappa shape index (κ3) is 1.94. The molecule has 0 radical (unpaired) electrons. The summed E-state index contributed by atoms with van der Waals surface area (Å²) >= 11 is 1.99. The summed E-state index contributed by atoms with van der Waals surface area (Å²) in [6.45, 7) is 0. The van der Waals surface area contributed by atoms with E-state index >= 15 is 0 Å². The van der Waals surface area contributed by atoms with E-state index in [4.69, 9.17) is 4.74 Å². The summed E-state index contributed by atoms with van der Waals surface area (Å²) in [6.07, 6.45) is 1.23. The first-order chi connectivity index (χ1) is 6.40. The Labute approximate surface area is 81.9 Å². The summed E-state index contributed by atoms with van der Waals surface area (Å²) in [5.74, 6) is 3.62. The molecule has 0 aromatic carbocycles. The number of rotatable bonds is 2. The molecule has 1 aliphatic rings. The lowest BCUT2D eigenvalue weighted by Crippen LogP contribution is -2.01. The van der Waals surface area contributed by atoms with Crippen LogP contribution < -0.4 is 4.74 Å². The first-order valence-corrected chi connectivity index (χ1v) is 5.51. The maximum atomic E-state index is 4.95. The van der Waals surface area contributed by atoms with Crippen LogP contribution in [0.1, 0.15) is 18.0 Å². The fraction of sp³-hybridized carbons (Fsp3) is 0.556. The molecule has 1 unspecified atom stereocenters. The van der Waals surface area contributed by atoms with Gasteiger partial charge in [-0.05, 0) is 18.2 Å². The highest BCUT2D eigenvalue weighted by molar-refractivity contribution is 7.99. The predicted octanol–water partition coefficient (Wildman–Crippen LogP) is 1.71. The number of nitrogens with zero attached hydrogens (tertiary/aromatic N) is 2. The fourth-order valence-electron chi connectivity index (χ4n) is 1.42. The molecule has 0 bridgehead atoms. The van der Waals surface area contributed by atoms with E-state index in [0.717, 1.165) is 5.69 Å². The Balaban J connectivity index is 2.12. The van der Waals surface area contributed by atoms with Gasteiger partial charge >= 0.3 is 0 Å². The third-order valence-electron chi connectivity index (χ3n) is 2.22. The minimum atomic E-state index is 0.592. The minimum absolute atomic E-state index is 0.592. The average Bonchev–Trinajstić information content (AvgIpc) is 2.71. The van der Waals surface area contributed by atoms with E-state index < -0.39 is 0 Å². The highest BCUT2D eigenvalue weighted by Gasteiger charge is 2.18. The van der Waals surface area contributed by atoms with Crippen molar-refractivity contribution < 1.29 is 4.74 Å². The number of thioether (sulfide) groups is 1. The minimum Gasteiger partial charge on any atom is -0.480 e. The van der Waals surface area contributed by atoms with Gasteiger partial charge in [0.05, 0.1) is 12.8 Å². The molecule has 2 rings (SSSR count). The maximum Gasteiger partial charge on any atom is 0.233 e. The topological polar surface area (TPSA) is 35.0 Å². The number of methoxy groups -OCH3 is 1. The molecule has 70 valence electrons. The molecule has 4 heteroatoms. The van der Waals surface area contributed by atoms with Gasteiger partial charge in [-0.3, -0.25) is 0 Å². The maximum absolute atomic E-state index is 4.95. The zero-order chi connectivity index (χ0) is 9.10. The molecule has 1 aliphatic heterocycles. The van der Waals surface area contributed by atoms with E-state index in [0.29, 0.717) is 11.8 Å². The van der Waals surface area contributed by atoms with E-state index in [1.165, 1.54) is 17.9 Å². The lowest BCUT2D eigenvalue weighted by Gasteiger charge is -2.06. The first-order valence-electron chi connectivity index (χ1n) is 4.35. The molecule has 0 spiro atoms. The standard InChI is InChI=1S/C9H12N2OS/c1-12-9-3-2-8(10-11-9)7-4-5-13-6-7/h2-3,7H,4-6H2,1H3. The summed E-state index contributed by atoms with van der Waals surface area (Å²) in [6, 6.07) is 3.90. The van der Waals surface area contributed by atoms with Gasteiger partial charge in [0.15, 0.2) is 0 Å². The van der Waals surface area contributed by atoms with Gasteiger partial charge in [-0.2, -0.15) is 16.9 Å². The molecule has 0 amide bonds. The van der Waals surface area contributed by atoms with Crippen molar-refractivity contribution in [2.75, 3.05) is 18.6 Å². The summed E-state index contributed by atoms with van der Waals surface area (Å²) in [5.41, 5.74) is 1.10. The molecule has 1 aromatic rings. The van der Waals surface area contributed by atoms with Gasteiger partial charge in [0.2, 0.25) is 5.88 Å².